The average Bonchev–Trinajstić information content (AvgIpc) is 3.12. The molecule has 0 radical (unpaired) electrons. The summed E-state index contributed by atoms with van der Waals surface area (Å²) in [6.07, 6.45) is 2.42. The van der Waals surface area contributed by atoms with E-state index in [1.807, 2.05) is 12.1 Å². The zero-order valence-electron chi connectivity index (χ0n) is 13.7. The summed E-state index contributed by atoms with van der Waals surface area (Å²) >= 11 is 0. The molecule has 24 heavy (non-hydrogen) atoms. The molecule has 2 atom stereocenters. The molecule has 0 bridgehead atoms. The molecule has 1 amide bonds. The van der Waals surface area contributed by atoms with Crippen molar-refractivity contribution in [1.82, 2.24) is 5.32 Å². The van der Waals surface area contributed by atoms with Crippen molar-refractivity contribution in [2.75, 3.05) is 4.90 Å². The van der Waals surface area contributed by atoms with Crippen molar-refractivity contribution in [2.24, 2.45) is 0 Å². The van der Waals surface area contributed by atoms with Crippen LogP contribution in [0.15, 0.2) is 41.0 Å². The molecule has 1 aliphatic heterocycles. The van der Waals surface area contributed by atoms with Gasteiger partial charge in [0.2, 0.25) is 0 Å². The molecule has 0 aliphatic carbocycles. The summed E-state index contributed by atoms with van der Waals surface area (Å²) in [6, 6.07) is 9.33. The maximum Gasteiger partial charge on any atom is 0.325 e. The molecule has 2 N–H and O–H groups in total. The Morgan fingerprint density at radius 1 is 1.38 bits per heavy atom. The number of aliphatic carboxylic acids is 1. The molecule has 1 unspecified atom stereocenters. The Kier molecular flexibility index (Phi) is 4.29. The highest BCUT2D eigenvalue weighted by Gasteiger charge is 2.28. The highest BCUT2D eigenvalue weighted by molar-refractivity contribution is 5.95. The van der Waals surface area contributed by atoms with E-state index in [0.29, 0.717) is 12.6 Å². The smallest absolute Gasteiger partial charge is 0.325 e. The number of hydrogen-bond acceptors (Lipinski definition) is 4. The fraction of sp³-hybridized carbons (Fsp3) is 0.333. The third-order valence-electron chi connectivity index (χ3n) is 4.36. The normalized spacial score (nSPS) is 17.4. The van der Waals surface area contributed by atoms with Gasteiger partial charge in [-0.1, -0.05) is 18.2 Å². The van der Waals surface area contributed by atoms with Crippen molar-refractivity contribution >= 4 is 17.6 Å². The Bertz CT molecular complexity index is 768. The lowest BCUT2D eigenvalue weighted by Crippen LogP contribution is -2.38. The average molecular weight is 328 g/mol. The van der Waals surface area contributed by atoms with Gasteiger partial charge in [0.05, 0.1) is 6.26 Å². The second kappa shape index (κ2) is 6.39. The number of rotatable bonds is 5. The Morgan fingerprint density at radius 3 is 2.88 bits per heavy atom. The van der Waals surface area contributed by atoms with Crippen molar-refractivity contribution in [3.63, 3.8) is 0 Å². The van der Waals surface area contributed by atoms with Gasteiger partial charge in [-0.15, -0.1) is 0 Å². The largest absolute Gasteiger partial charge is 0.480 e. The van der Waals surface area contributed by atoms with Crippen molar-refractivity contribution in [3.8, 4) is 0 Å². The van der Waals surface area contributed by atoms with Crippen LogP contribution in [0, 0.1) is 0 Å². The fourth-order valence-electron chi connectivity index (χ4n) is 3.04. The van der Waals surface area contributed by atoms with E-state index in [-0.39, 0.29) is 5.76 Å². The number of anilines is 1. The summed E-state index contributed by atoms with van der Waals surface area (Å²) < 4.78 is 5.31. The molecule has 6 heteroatoms. The highest BCUT2D eigenvalue weighted by Crippen LogP contribution is 2.33. The molecule has 2 aromatic rings. The lowest BCUT2D eigenvalue weighted by molar-refractivity contribution is -0.138. The van der Waals surface area contributed by atoms with Gasteiger partial charge < -0.3 is 19.7 Å². The lowest BCUT2D eigenvalue weighted by Gasteiger charge is -2.24. The predicted octanol–water partition coefficient (Wildman–Crippen LogP) is 2.43. The molecule has 0 saturated carbocycles. The summed E-state index contributed by atoms with van der Waals surface area (Å²) in [5.74, 6) is -1.43. The van der Waals surface area contributed by atoms with Crippen LogP contribution >= 0.6 is 0 Å². The molecular weight excluding hydrogens is 308 g/mol. The molecule has 0 spiro atoms. The number of carboxylic acids is 1. The maximum absolute atomic E-state index is 12.3. The first-order valence-electron chi connectivity index (χ1n) is 7.92. The molecule has 6 nitrogen and oxygen atoms in total. The van der Waals surface area contributed by atoms with Gasteiger partial charge in [-0.2, -0.15) is 0 Å². The number of hydrogen-bond donors (Lipinski definition) is 2. The number of nitrogens with zero attached hydrogens (tertiary/aromatic N) is 1. The van der Waals surface area contributed by atoms with E-state index in [2.05, 4.69) is 29.3 Å². The van der Waals surface area contributed by atoms with E-state index in [1.165, 1.54) is 18.8 Å². The number of carbonyl (C=O) groups is 2. The van der Waals surface area contributed by atoms with Crippen molar-refractivity contribution in [1.29, 1.82) is 0 Å². The standard InChI is InChI=1S/C18H20N2O4/c1-11-9-13-5-3-4-6-15(13)20(11)10-14-7-8-24-16(14)17(21)19-12(2)18(22)23/h3-8,11-12H,9-10H2,1-2H3,(H,19,21)(H,22,23)/t11?,12-/m0/s1. The Hall–Kier alpha value is -2.76. The summed E-state index contributed by atoms with van der Waals surface area (Å²) in [7, 11) is 0. The van der Waals surface area contributed by atoms with E-state index in [9.17, 15) is 9.59 Å². The van der Waals surface area contributed by atoms with Gasteiger partial charge >= 0.3 is 5.97 Å². The van der Waals surface area contributed by atoms with E-state index < -0.39 is 17.9 Å². The maximum atomic E-state index is 12.3. The first-order valence-corrected chi connectivity index (χ1v) is 7.92. The van der Waals surface area contributed by atoms with Crippen LogP contribution in [-0.2, 0) is 17.8 Å². The SMILES string of the molecule is CC1Cc2ccccc2N1Cc1ccoc1C(=O)N[C@@H](C)C(=O)O. The number of amides is 1. The van der Waals surface area contributed by atoms with E-state index in [4.69, 9.17) is 9.52 Å². The molecule has 0 fully saturated rings. The van der Waals surface area contributed by atoms with Gasteiger partial charge in [-0.25, -0.2) is 0 Å². The highest BCUT2D eigenvalue weighted by atomic mass is 16.4. The van der Waals surface area contributed by atoms with Gasteiger partial charge in [0.25, 0.3) is 5.91 Å². The van der Waals surface area contributed by atoms with Crippen LogP contribution in [0.3, 0.4) is 0 Å². The van der Waals surface area contributed by atoms with Crippen LogP contribution in [0.2, 0.25) is 0 Å². The number of nitrogens with one attached hydrogen (secondary N) is 1. The molecule has 2 heterocycles. The molecule has 1 aromatic carbocycles. The lowest BCUT2D eigenvalue weighted by atomic mass is 10.1. The van der Waals surface area contributed by atoms with Crippen molar-refractivity contribution < 1.29 is 19.1 Å². The van der Waals surface area contributed by atoms with Gasteiger partial charge in [0.1, 0.15) is 6.04 Å². The summed E-state index contributed by atoms with van der Waals surface area (Å²) in [5, 5.41) is 11.3. The monoisotopic (exact) mass is 328 g/mol. The molecule has 1 aliphatic rings. The first-order chi connectivity index (χ1) is 11.5. The van der Waals surface area contributed by atoms with Crippen LogP contribution in [0.25, 0.3) is 0 Å². The minimum atomic E-state index is -1.08. The summed E-state index contributed by atoms with van der Waals surface area (Å²) in [5.41, 5.74) is 3.20. The topological polar surface area (TPSA) is 82.8 Å². The zero-order valence-corrected chi connectivity index (χ0v) is 13.7. The molecule has 1 aromatic heterocycles. The van der Waals surface area contributed by atoms with E-state index in [1.54, 1.807) is 6.07 Å². The molecule has 3 rings (SSSR count). The second-order valence-electron chi connectivity index (χ2n) is 6.12. The van der Waals surface area contributed by atoms with Crippen LogP contribution in [0.5, 0.6) is 0 Å². The fourth-order valence-corrected chi connectivity index (χ4v) is 3.04. The van der Waals surface area contributed by atoms with Gasteiger partial charge in [0, 0.05) is 23.8 Å². The van der Waals surface area contributed by atoms with E-state index >= 15 is 0 Å². The first kappa shape index (κ1) is 16.1. The molecule has 126 valence electrons. The number of para-hydroxylation sites is 1. The van der Waals surface area contributed by atoms with Crippen molar-refractivity contribution in [3.05, 3.63) is 53.5 Å². The number of carboxylic acid groups (broad SMARTS) is 1. The van der Waals surface area contributed by atoms with Gasteiger partial charge in [0.15, 0.2) is 5.76 Å². The van der Waals surface area contributed by atoms with E-state index in [0.717, 1.165) is 17.7 Å². The minimum Gasteiger partial charge on any atom is -0.480 e. The number of carbonyl (C=O) groups excluding carboxylic acids is 1. The number of furan rings is 1. The summed E-state index contributed by atoms with van der Waals surface area (Å²) in [4.78, 5) is 25.4. The Balaban J connectivity index is 1.79. The summed E-state index contributed by atoms with van der Waals surface area (Å²) in [6.45, 7) is 4.10. The molecule has 0 saturated heterocycles. The zero-order chi connectivity index (χ0) is 17.3. The van der Waals surface area contributed by atoms with Gasteiger partial charge in [-0.3, -0.25) is 9.59 Å². The van der Waals surface area contributed by atoms with Gasteiger partial charge in [-0.05, 0) is 38.0 Å². The molecular formula is C18H20N2O4. The van der Waals surface area contributed by atoms with Crippen LogP contribution in [0.4, 0.5) is 5.69 Å². The van der Waals surface area contributed by atoms with Crippen LogP contribution < -0.4 is 10.2 Å². The Labute approximate surface area is 140 Å². The number of fused-ring (bicyclic) bond motifs is 1. The third kappa shape index (κ3) is 2.99. The van der Waals surface area contributed by atoms with Crippen LogP contribution in [-0.4, -0.2) is 29.1 Å². The predicted molar refractivity (Wildman–Crippen MR) is 89.1 cm³/mol. The third-order valence-corrected chi connectivity index (χ3v) is 4.36. The quantitative estimate of drug-likeness (QED) is 0.881. The van der Waals surface area contributed by atoms with Crippen LogP contribution in [0.1, 0.15) is 35.5 Å². The minimum absolute atomic E-state index is 0.166. The Morgan fingerprint density at radius 2 is 2.12 bits per heavy atom. The number of benzene rings is 1. The second-order valence-corrected chi connectivity index (χ2v) is 6.12. The van der Waals surface area contributed by atoms with Crippen molar-refractivity contribution in [2.45, 2.75) is 38.9 Å².